The van der Waals surface area contributed by atoms with Crippen molar-refractivity contribution in [3.8, 4) is 12.1 Å². The molecule has 0 bridgehead atoms. The zero-order valence-corrected chi connectivity index (χ0v) is 9.02. The molecule has 82 valence electrons. The molecule has 1 aromatic rings. The number of ether oxygens (including phenoxy) is 1. The largest absolute Gasteiger partial charge is 0.465 e. The van der Waals surface area contributed by atoms with E-state index < -0.39 is 5.97 Å². The van der Waals surface area contributed by atoms with E-state index in [1.807, 2.05) is 6.07 Å². The van der Waals surface area contributed by atoms with Gasteiger partial charge in [0.1, 0.15) is 24.5 Å². The fraction of sp³-hybridized carbons (Fsp3) is 0.400. The highest BCUT2D eigenvalue weighted by Gasteiger charge is 2.16. The Morgan fingerprint density at radius 3 is 2.69 bits per heavy atom. The van der Waals surface area contributed by atoms with Crippen molar-refractivity contribution in [1.29, 1.82) is 10.5 Å². The lowest BCUT2D eigenvalue weighted by atomic mass is 10.3. The van der Waals surface area contributed by atoms with Crippen molar-refractivity contribution in [2.75, 3.05) is 6.61 Å². The van der Waals surface area contributed by atoms with Gasteiger partial charge in [0.05, 0.1) is 6.61 Å². The van der Waals surface area contributed by atoms with Gasteiger partial charge >= 0.3 is 5.97 Å². The molecule has 0 amide bonds. The van der Waals surface area contributed by atoms with E-state index in [-0.39, 0.29) is 24.5 Å². The predicted octanol–water partition coefficient (Wildman–Crippen LogP) is 0.498. The van der Waals surface area contributed by atoms with E-state index in [1.165, 1.54) is 4.57 Å². The third-order valence-corrected chi connectivity index (χ3v) is 1.96. The van der Waals surface area contributed by atoms with Gasteiger partial charge in [0, 0.05) is 0 Å². The average molecular weight is 218 g/mol. The first kappa shape index (κ1) is 11.7. The molecule has 0 spiro atoms. The van der Waals surface area contributed by atoms with Crippen LogP contribution < -0.4 is 0 Å². The summed E-state index contributed by atoms with van der Waals surface area (Å²) < 4.78 is 6.13. The highest BCUT2D eigenvalue weighted by molar-refractivity contribution is 5.69. The lowest BCUT2D eigenvalue weighted by molar-refractivity contribution is -0.143. The van der Waals surface area contributed by atoms with Crippen molar-refractivity contribution in [2.24, 2.45) is 0 Å². The van der Waals surface area contributed by atoms with Crippen LogP contribution in [0.25, 0.3) is 0 Å². The van der Waals surface area contributed by atoms with Gasteiger partial charge in [-0.3, -0.25) is 4.79 Å². The number of aromatic nitrogens is 2. The molecule has 6 nitrogen and oxygen atoms in total. The standard InChI is InChI=1S/C10H10N4O2/c1-3-16-10(15)6-14-7(2)13-8(4-11)9(14)5-12/h3,6H2,1-2H3. The molecular weight excluding hydrogens is 208 g/mol. The molecule has 1 heterocycles. The third-order valence-electron chi connectivity index (χ3n) is 1.96. The molecule has 0 aliphatic carbocycles. The van der Waals surface area contributed by atoms with Crippen molar-refractivity contribution < 1.29 is 9.53 Å². The highest BCUT2D eigenvalue weighted by atomic mass is 16.5. The Hall–Kier alpha value is -2.34. The highest BCUT2D eigenvalue weighted by Crippen LogP contribution is 2.09. The van der Waals surface area contributed by atoms with E-state index in [1.54, 1.807) is 19.9 Å². The molecule has 1 aromatic heterocycles. The van der Waals surface area contributed by atoms with E-state index in [9.17, 15) is 4.79 Å². The number of hydrogen-bond acceptors (Lipinski definition) is 5. The summed E-state index contributed by atoms with van der Waals surface area (Å²) in [6.07, 6.45) is 0. The molecule has 0 aliphatic rings. The summed E-state index contributed by atoms with van der Waals surface area (Å²) in [5, 5.41) is 17.6. The fourth-order valence-electron chi connectivity index (χ4n) is 1.29. The van der Waals surface area contributed by atoms with Crippen LogP contribution in [0.15, 0.2) is 0 Å². The molecule has 0 aromatic carbocycles. The first-order valence-electron chi connectivity index (χ1n) is 4.67. The van der Waals surface area contributed by atoms with Crippen LogP contribution >= 0.6 is 0 Å². The van der Waals surface area contributed by atoms with Crippen LogP contribution in [0.1, 0.15) is 24.1 Å². The molecule has 0 fully saturated rings. The van der Waals surface area contributed by atoms with Crippen molar-refractivity contribution in [2.45, 2.75) is 20.4 Å². The molecule has 0 aliphatic heterocycles. The molecular formula is C10H10N4O2. The van der Waals surface area contributed by atoms with Crippen molar-refractivity contribution in [1.82, 2.24) is 9.55 Å². The molecule has 0 atom stereocenters. The lowest BCUT2D eigenvalue weighted by Crippen LogP contribution is -2.15. The van der Waals surface area contributed by atoms with Crippen LogP contribution in [0, 0.1) is 29.6 Å². The summed E-state index contributed by atoms with van der Waals surface area (Å²) in [5.41, 5.74) is 0.123. The molecule has 0 N–H and O–H groups in total. The summed E-state index contributed by atoms with van der Waals surface area (Å²) in [7, 11) is 0. The number of rotatable bonds is 3. The van der Waals surface area contributed by atoms with Crippen molar-refractivity contribution in [3.05, 3.63) is 17.2 Å². The first-order chi connectivity index (χ1) is 7.63. The van der Waals surface area contributed by atoms with E-state index in [2.05, 4.69) is 4.98 Å². The van der Waals surface area contributed by atoms with Gasteiger partial charge in [-0.15, -0.1) is 0 Å². The van der Waals surface area contributed by atoms with Gasteiger partial charge in [-0.05, 0) is 13.8 Å². The maximum Gasteiger partial charge on any atom is 0.326 e. The topological polar surface area (TPSA) is 91.7 Å². The summed E-state index contributed by atoms with van der Waals surface area (Å²) in [6.45, 7) is 3.50. The summed E-state index contributed by atoms with van der Waals surface area (Å²) >= 11 is 0. The maximum atomic E-state index is 11.3. The smallest absolute Gasteiger partial charge is 0.326 e. The quantitative estimate of drug-likeness (QED) is 0.689. The van der Waals surface area contributed by atoms with Crippen LogP contribution in [0.5, 0.6) is 0 Å². The third kappa shape index (κ3) is 2.18. The number of carbonyl (C=O) groups excluding carboxylic acids is 1. The maximum absolute atomic E-state index is 11.3. The minimum Gasteiger partial charge on any atom is -0.465 e. The average Bonchev–Trinajstić information content (AvgIpc) is 2.55. The van der Waals surface area contributed by atoms with E-state index >= 15 is 0 Å². The number of nitriles is 2. The van der Waals surface area contributed by atoms with E-state index in [0.29, 0.717) is 5.82 Å². The molecule has 0 radical (unpaired) electrons. The van der Waals surface area contributed by atoms with E-state index in [0.717, 1.165) is 0 Å². The second-order valence-corrected chi connectivity index (χ2v) is 2.97. The number of aryl methyl sites for hydroxylation is 1. The number of hydrogen-bond donors (Lipinski definition) is 0. The number of esters is 1. The summed E-state index contributed by atoms with van der Waals surface area (Å²) in [6, 6.07) is 3.66. The number of carbonyl (C=O) groups is 1. The zero-order chi connectivity index (χ0) is 12.1. The molecule has 0 unspecified atom stereocenters. The van der Waals surface area contributed by atoms with Crippen LogP contribution in [0.2, 0.25) is 0 Å². The fourth-order valence-corrected chi connectivity index (χ4v) is 1.29. The van der Waals surface area contributed by atoms with Gasteiger partial charge in [0.2, 0.25) is 0 Å². The first-order valence-corrected chi connectivity index (χ1v) is 4.67. The lowest BCUT2D eigenvalue weighted by Gasteiger charge is -2.05. The van der Waals surface area contributed by atoms with Crippen LogP contribution in [-0.2, 0) is 16.1 Å². The Morgan fingerprint density at radius 1 is 1.50 bits per heavy atom. The Kier molecular flexibility index (Phi) is 3.62. The Labute approximate surface area is 92.7 Å². The second kappa shape index (κ2) is 4.94. The van der Waals surface area contributed by atoms with Gasteiger partial charge in [-0.25, -0.2) is 4.98 Å². The van der Waals surface area contributed by atoms with Gasteiger partial charge < -0.3 is 9.30 Å². The van der Waals surface area contributed by atoms with Crippen molar-refractivity contribution >= 4 is 5.97 Å². The van der Waals surface area contributed by atoms with Gasteiger partial charge in [0.25, 0.3) is 0 Å². The summed E-state index contributed by atoms with van der Waals surface area (Å²) in [5.74, 6) is -0.00913. The van der Waals surface area contributed by atoms with Crippen LogP contribution in [0.3, 0.4) is 0 Å². The normalized spacial score (nSPS) is 9.25. The number of imidazole rings is 1. The van der Waals surface area contributed by atoms with Crippen molar-refractivity contribution in [3.63, 3.8) is 0 Å². The Morgan fingerprint density at radius 2 is 2.19 bits per heavy atom. The predicted molar refractivity (Wildman–Crippen MR) is 53.0 cm³/mol. The Bertz CT molecular complexity index is 490. The van der Waals surface area contributed by atoms with Crippen LogP contribution in [-0.4, -0.2) is 22.1 Å². The molecule has 16 heavy (non-hydrogen) atoms. The molecule has 1 rings (SSSR count). The van der Waals surface area contributed by atoms with E-state index in [4.69, 9.17) is 15.3 Å². The molecule has 0 saturated heterocycles. The second-order valence-electron chi connectivity index (χ2n) is 2.97. The summed E-state index contributed by atoms with van der Waals surface area (Å²) in [4.78, 5) is 15.2. The molecule has 6 heteroatoms. The van der Waals surface area contributed by atoms with Gasteiger partial charge in [-0.2, -0.15) is 10.5 Å². The minimum atomic E-state index is -0.455. The molecule has 0 saturated carbocycles. The number of nitrogens with zero attached hydrogens (tertiary/aromatic N) is 4. The Balaban J connectivity index is 3.06. The minimum absolute atomic E-state index is 0.0318. The monoisotopic (exact) mass is 218 g/mol. The van der Waals surface area contributed by atoms with Gasteiger partial charge in [-0.1, -0.05) is 0 Å². The van der Waals surface area contributed by atoms with Gasteiger partial charge in [0.15, 0.2) is 11.4 Å². The zero-order valence-electron chi connectivity index (χ0n) is 9.02. The van der Waals surface area contributed by atoms with Crippen LogP contribution in [0.4, 0.5) is 0 Å². The SMILES string of the molecule is CCOC(=O)Cn1c(C)nc(C#N)c1C#N.